The van der Waals surface area contributed by atoms with E-state index in [2.05, 4.69) is 33.2 Å². The van der Waals surface area contributed by atoms with Gasteiger partial charge in [0.15, 0.2) is 0 Å². The molecule has 124 valence electrons. The molecular weight excluding hydrogens is 386 g/mol. The Labute approximate surface area is 153 Å². The molecule has 1 N–H and O–H groups in total. The van der Waals surface area contributed by atoms with Gasteiger partial charge < -0.3 is 9.88 Å². The van der Waals surface area contributed by atoms with Crippen molar-refractivity contribution >= 4 is 44.5 Å². The van der Waals surface area contributed by atoms with Gasteiger partial charge in [-0.3, -0.25) is 4.79 Å². The first-order chi connectivity index (χ1) is 11.7. The van der Waals surface area contributed by atoms with Crippen molar-refractivity contribution in [2.24, 2.45) is 0 Å². The smallest absolute Gasteiger partial charge is 0.240 e. The van der Waals surface area contributed by atoms with Crippen LogP contribution in [0, 0.1) is 0 Å². The van der Waals surface area contributed by atoms with Crippen LogP contribution < -0.4 is 5.32 Å². The van der Waals surface area contributed by atoms with Crippen LogP contribution in [-0.2, 0) is 17.9 Å². The van der Waals surface area contributed by atoms with Crippen molar-refractivity contribution in [1.82, 2.24) is 14.9 Å². The summed E-state index contributed by atoms with van der Waals surface area (Å²) in [5.74, 6) is 0.974. The molecule has 0 aliphatic rings. The van der Waals surface area contributed by atoms with E-state index < -0.39 is 0 Å². The molecular formula is C18H18BrN3OS. The van der Waals surface area contributed by atoms with E-state index in [1.165, 1.54) is 0 Å². The summed E-state index contributed by atoms with van der Waals surface area (Å²) in [5.41, 5.74) is 2.12. The summed E-state index contributed by atoms with van der Waals surface area (Å²) in [6.45, 7) is 2.95. The third-order valence-corrected chi connectivity index (χ3v) is 5.08. The zero-order valence-corrected chi connectivity index (χ0v) is 15.7. The molecule has 0 aliphatic heterocycles. The molecule has 3 aromatic rings. The maximum absolute atomic E-state index is 12.2. The zero-order valence-electron chi connectivity index (χ0n) is 13.3. The van der Waals surface area contributed by atoms with E-state index in [0.717, 1.165) is 31.7 Å². The maximum Gasteiger partial charge on any atom is 0.240 e. The van der Waals surface area contributed by atoms with Crippen molar-refractivity contribution in [3.63, 3.8) is 0 Å². The van der Waals surface area contributed by atoms with E-state index in [9.17, 15) is 4.79 Å². The quantitative estimate of drug-likeness (QED) is 0.626. The van der Waals surface area contributed by atoms with Crippen LogP contribution in [0.15, 0.2) is 58.3 Å². The van der Waals surface area contributed by atoms with Crippen molar-refractivity contribution in [2.45, 2.75) is 25.0 Å². The van der Waals surface area contributed by atoms with Gasteiger partial charge in [0.2, 0.25) is 5.91 Å². The third kappa shape index (κ3) is 3.99. The summed E-state index contributed by atoms with van der Waals surface area (Å²) in [4.78, 5) is 16.7. The number of rotatable bonds is 6. The fourth-order valence-corrected chi connectivity index (χ4v) is 3.50. The van der Waals surface area contributed by atoms with Gasteiger partial charge in [-0.15, -0.1) is 11.8 Å². The molecule has 0 saturated carbocycles. The second-order valence-electron chi connectivity index (χ2n) is 5.33. The summed E-state index contributed by atoms with van der Waals surface area (Å²) in [5, 5.41) is 5.08. The maximum atomic E-state index is 12.2. The van der Waals surface area contributed by atoms with Gasteiger partial charge in [-0.2, -0.15) is 0 Å². The minimum absolute atomic E-state index is 0.00285. The van der Waals surface area contributed by atoms with Crippen LogP contribution in [0.2, 0.25) is 0 Å². The number of hydrogen-bond acceptors (Lipinski definition) is 3. The Kier molecular flexibility index (Phi) is 5.58. The average molecular weight is 404 g/mol. The van der Waals surface area contributed by atoms with E-state index in [0.29, 0.717) is 13.1 Å². The lowest BCUT2D eigenvalue weighted by Gasteiger charge is -2.08. The lowest BCUT2D eigenvalue weighted by molar-refractivity contribution is -0.121. The van der Waals surface area contributed by atoms with Gasteiger partial charge in [-0.1, -0.05) is 35.0 Å². The highest BCUT2D eigenvalue weighted by Crippen LogP contribution is 2.26. The van der Waals surface area contributed by atoms with Gasteiger partial charge in [-0.05, 0) is 35.6 Å². The number of fused-ring (bicyclic) bond motifs is 1. The number of halogens is 1. The molecule has 2 heterocycles. The predicted octanol–water partition coefficient (Wildman–Crippen LogP) is 4.23. The molecule has 6 heteroatoms. The molecule has 2 aromatic heterocycles. The number of nitrogens with zero attached hydrogens (tertiary/aromatic N) is 2. The average Bonchev–Trinajstić information content (AvgIpc) is 2.99. The number of nitrogens with one attached hydrogen (secondary N) is 1. The molecule has 1 amide bonds. The molecule has 0 saturated heterocycles. The Morgan fingerprint density at radius 1 is 1.25 bits per heavy atom. The molecule has 0 radical (unpaired) electrons. The van der Waals surface area contributed by atoms with E-state index in [1.807, 2.05) is 47.2 Å². The molecule has 0 fully saturated rings. The number of benzene rings is 1. The van der Waals surface area contributed by atoms with E-state index in [-0.39, 0.29) is 5.91 Å². The van der Waals surface area contributed by atoms with E-state index in [1.54, 1.807) is 18.0 Å². The van der Waals surface area contributed by atoms with E-state index >= 15 is 0 Å². The largest absolute Gasteiger partial charge is 0.350 e. The van der Waals surface area contributed by atoms with Gasteiger partial charge in [-0.25, -0.2) is 4.98 Å². The molecule has 0 atom stereocenters. The van der Waals surface area contributed by atoms with Gasteiger partial charge in [0.1, 0.15) is 11.6 Å². The summed E-state index contributed by atoms with van der Waals surface area (Å²) in [6, 6.07) is 11.9. The molecule has 0 bridgehead atoms. The normalized spacial score (nSPS) is 10.9. The van der Waals surface area contributed by atoms with Gasteiger partial charge in [0.25, 0.3) is 0 Å². The fourth-order valence-electron chi connectivity index (χ4n) is 2.50. The summed E-state index contributed by atoms with van der Waals surface area (Å²) >= 11 is 5.12. The molecule has 0 unspecified atom stereocenters. The van der Waals surface area contributed by atoms with Crippen LogP contribution in [0.4, 0.5) is 0 Å². The Balaban J connectivity index is 1.67. The van der Waals surface area contributed by atoms with Crippen molar-refractivity contribution in [2.75, 3.05) is 5.75 Å². The predicted molar refractivity (Wildman–Crippen MR) is 102 cm³/mol. The fraction of sp³-hybridized carbons (Fsp3) is 0.222. The van der Waals surface area contributed by atoms with Crippen molar-refractivity contribution < 1.29 is 4.79 Å². The molecule has 0 aliphatic carbocycles. The Bertz CT molecular complexity index is 845. The Morgan fingerprint density at radius 3 is 2.79 bits per heavy atom. The first kappa shape index (κ1) is 17.0. The molecule has 1 aromatic carbocycles. The van der Waals surface area contributed by atoms with Gasteiger partial charge >= 0.3 is 0 Å². The molecule has 24 heavy (non-hydrogen) atoms. The minimum atomic E-state index is -0.00285. The number of carbonyl (C=O) groups is 1. The Hall–Kier alpha value is -1.79. The minimum Gasteiger partial charge on any atom is -0.350 e. The number of pyridine rings is 1. The lowest BCUT2D eigenvalue weighted by atomic mass is 10.2. The number of amides is 1. The standard InChI is InChI=1S/C18H18BrN3OS/c1-2-24-18-15-8-10-22(16(15)7-9-20-18)12-17(23)21-11-13-3-5-14(19)6-4-13/h3-10H,2,11-12H2,1H3,(H,21,23). The molecule has 3 rings (SSSR count). The highest BCUT2D eigenvalue weighted by molar-refractivity contribution is 9.10. The molecule has 4 nitrogen and oxygen atoms in total. The third-order valence-electron chi connectivity index (χ3n) is 3.66. The van der Waals surface area contributed by atoms with E-state index in [4.69, 9.17) is 0 Å². The van der Waals surface area contributed by atoms with Crippen LogP contribution in [0.5, 0.6) is 0 Å². The number of aromatic nitrogens is 2. The van der Waals surface area contributed by atoms with Gasteiger partial charge in [0.05, 0.1) is 5.52 Å². The SMILES string of the molecule is CCSc1nccc2c1ccn2CC(=O)NCc1ccc(Br)cc1. The van der Waals surface area contributed by atoms with Gasteiger partial charge in [0, 0.05) is 28.8 Å². The second kappa shape index (κ2) is 7.85. The highest BCUT2D eigenvalue weighted by Gasteiger charge is 2.09. The number of thioether (sulfide) groups is 1. The van der Waals surface area contributed by atoms with Crippen LogP contribution in [0.1, 0.15) is 12.5 Å². The first-order valence-electron chi connectivity index (χ1n) is 7.75. The van der Waals surface area contributed by atoms with Crippen LogP contribution in [0.3, 0.4) is 0 Å². The Morgan fingerprint density at radius 2 is 2.04 bits per heavy atom. The lowest BCUT2D eigenvalue weighted by Crippen LogP contribution is -2.26. The van der Waals surface area contributed by atoms with Crippen LogP contribution >= 0.6 is 27.7 Å². The number of hydrogen-bond donors (Lipinski definition) is 1. The van der Waals surface area contributed by atoms with Crippen molar-refractivity contribution in [3.8, 4) is 0 Å². The zero-order chi connectivity index (χ0) is 16.9. The second-order valence-corrected chi connectivity index (χ2v) is 7.50. The summed E-state index contributed by atoms with van der Waals surface area (Å²) < 4.78 is 3.00. The topological polar surface area (TPSA) is 46.9 Å². The summed E-state index contributed by atoms with van der Waals surface area (Å²) in [6.07, 6.45) is 3.75. The molecule has 0 spiro atoms. The number of carbonyl (C=O) groups excluding carboxylic acids is 1. The first-order valence-corrected chi connectivity index (χ1v) is 9.53. The van der Waals surface area contributed by atoms with Crippen LogP contribution in [0.25, 0.3) is 10.9 Å². The highest BCUT2D eigenvalue weighted by atomic mass is 79.9. The summed E-state index contributed by atoms with van der Waals surface area (Å²) in [7, 11) is 0. The monoisotopic (exact) mass is 403 g/mol. The van der Waals surface area contributed by atoms with Crippen LogP contribution in [-0.4, -0.2) is 21.2 Å². The van der Waals surface area contributed by atoms with Crippen molar-refractivity contribution in [1.29, 1.82) is 0 Å². The van der Waals surface area contributed by atoms with Crippen molar-refractivity contribution in [3.05, 3.63) is 58.8 Å².